The van der Waals surface area contributed by atoms with Crippen molar-refractivity contribution in [2.45, 2.75) is 46.0 Å². The Morgan fingerprint density at radius 1 is 1.24 bits per heavy atom. The smallest absolute Gasteiger partial charge is 0.341 e. The number of nitrogens with one attached hydrogen (secondary N) is 1. The highest BCUT2D eigenvalue weighted by molar-refractivity contribution is 7.17. The summed E-state index contributed by atoms with van der Waals surface area (Å²) < 4.78 is 5.19. The van der Waals surface area contributed by atoms with Crippen molar-refractivity contribution in [2.75, 3.05) is 25.0 Å². The number of thiophene rings is 1. The molecule has 1 aliphatic heterocycles. The molecule has 3 rings (SSSR count). The van der Waals surface area contributed by atoms with Crippen molar-refractivity contribution >= 4 is 34.1 Å². The number of ether oxygens (including phenoxy) is 1. The van der Waals surface area contributed by atoms with Gasteiger partial charge in [0.2, 0.25) is 11.8 Å². The third kappa shape index (κ3) is 3.71. The first-order valence-corrected chi connectivity index (χ1v) is 9.71. The topological polar surface area (TPSA) is 75.7 Å². The predicted octanol–water partition coefficient (Wildman–Crippen LogP) is 2.61. The standard InChI is InChI=1S/C18H24N2O4S/c1-3-24-18(23)15-13-5-4-6-14(13)25-17(15)19-16(22)12-7-9-20(10-8-12)11(2)21/h12H,3-10H2,1-2H3,(H,19,22). The molecule has 0 spiro atoms. The Bertz CT molecular complexity index is 689. The monoisotopic (exact) mass is 364 g/mol. The first-order chi connectivity index (χ1) is 12.0. The molecule has 0 atom stereocenters. The minimum atomic E-state index is -0.344. The largest absolute Gasteiger partial charge is 0.462 e. The maximum Gasteiger partial charge on any atom is 0.341 e. The summed E-state index contributed by atoms with van der Waals surface area (Å²) in [5.74, 6) is -0.474. The molecule has 2 heterocycles. The van der Waals surface area contributed by atoms with E-state index in [2.05, 4.69) is 5.32 Å². The van der Waals surface area contributed by atoms with Crippen molar-refractivity contribution in [2.24, 2.45) is 5.92 Å². The first kappa shape index (κ1) is 17.9. The molecule has 1 N–H and O–H groups in total. The van der Waals surface area contributed by atoms with Crippen LogP contribution in [0.3, 0.4) is 0 Å². The number of anilines is 1. The zero-order chi connectivity index (χ0) is 18.0. The van der Waals surface area contributed by atoms with Gasteiger partial charge in [-0.3, -0.25) is 9.59 Å². The third-order valence-electron chi connectivity index (χ3n) is 4.95. The molecule has 0 radical (unpaired) electrons. The Kier molecular flexibility index (Phi) is 5.42. The zero-order valence-corrected chi connectivity index (χ0v) is 15.5. The molecule has 2 aliphatic rings. The molecule has 0 saturated carbocycles. The van der Waals surface area contributed by atoms with Crippen LogP contribution >= 0.6 is 11.3 Å². The van der Waals surface area contributed by atoms with Crippen LogP contribution in [0.2, 0.25) is 0 Å². The van der Waals surface area contributed by atoms with Gasteiger partial charge in [-0.25, -0.2) is 4.79 Å². The average molecular weight is 364 g/mol. The number of esters is 1. The molecular formula is C18H24N2O4S. The van der Waals surface area contributed by atoms with Crippen LogP contribution in [0.1, 0.15) is 53.9 Å². The number of rotatable bonds is 4. The number of hydrogen-bond donors (Lipinski definition) is 1. The Morgan fingerprint density at radius 2 is 1.96 bits per heavy atom. The number of likely N-dealkylation sites (tertiary alicyclic amines) is 1. The van der Waals surface area contributed by atoms with Crippen molar-refractivity contribution in [3.05, 3.63) is 16.0 Å². The van der Waals surface area contributed by atoms with Gasteiger partial charge in [0.05, 0.1) is 12.2 Å². The molecule has 1 aromatic rings. The zero-order valence-electron chi connectivity index (χ0n) is 14.7. The van der Waals surface area contributed by atoms with Crippen LogP contribution in [0.25, 0.3) is 0 Å². The highest BCUT2D eigenvalue weighted by Crippen LogP contribution is 2.40. The number of amides is 2. The van der Waals surface area contributed by atoms with Crippen LogP contribution in [0.5, 0.6) is 0 Å². The van der Waals surface area contributed by atoms with E-state index in [0.29, 0.717) is 43.1 Å². The molecule has 1 aliphatic carbocycles. The van der Waals surface area contributed by atoms with Gasteiger partial charge in [0.15, 0.2) is 0 Å². The molecule has 25 heavy (non-hydrogen) atoms. The van der Waals surface area contributed by atoms with E-state index in [1.54, 1.807) is 18.7 Å². The summed E-state index contributed by atoms with van der Waals surface area (Å²) in [4.78, 5) is 39.4. The van der Waals surface area contributed by atoms with Crippen molar-refractivity contribution in [3.8, 4) is 0 Å². The van der Waals surface area contributed by atoms with Gasteiger partial charge in [0, 0.05) is 30.8 Å². The molecule has 2 amide bonds. The first-order valence-electron chi connectivity index (χ1n) is 8.89. The molecule has 0 aromatic carbocycles. The lowest BCUT2D eigenvalue weighted by Crippen LogP contribution is -2.40. The van der Waals surface area contributed by atoms with Gasteiger partial charge in [-0.05, 0) is 44.6 Å². The Morgan fingerprint density at radius 3 is 2.60 bits per heavy atom. The van der Waals surface area contributed by atoms with Crippen molar-refractivity contribution in [1.29, 1.82) is 0 Å². The lowest BCUT2D eigenvalue weighted by molar-refractivity contribution is -0.132. The average Bonchev–Trinajstić information content (AvgIpc) is 3.15. The molecule has 6 nitrogen and oxygen atoms in total. The van der Waals surface area contributed by atoms with Crippen LogP contribution in [-0.2, 0) is 27.2 Å². The number of piperidine rings is 1. The van der Waals surface area contributed by atoms with Crippen LogP contribution in [0.4, 0.5) is 5.00 Å². The number of fused-ring (bicyclic) bond motifs is 1. The summed E-state index contributed by atoms with van der Waals surface area (Å²) in [6.45, 7) is 4.88. The van der Waals surface area contributed by atoms with E-state index in [1.807, 2.05) is 0 Å². The minimum absolute atomic E-state index is 0.0538. The summed E-state index contributed by atoms with van der Waals surface area (Å²) in [5, 5.41) is 3.60. The Balaban J connectivity index is 1.71. The summed E-state index contributed by atoms with van der Waals surface area (Å²) in [5.41, 5.74) is 1.60. The molecule has 1 aromatic heterocycles. The lowest BCUT2D eigenvalue weighted by atomic mass is 9.96. The second-order valence-corrected chi connectivity index (χ2v) is 7.66. The Labute approximate surface area is 151 Å². The van der Waals surface area contributed by atoms with E-state index < -0.39 is 0 Å². The van der Waals surface area contributed by atoms with E-state index in [-0.39, 0.29) is 23.7 Å². The number of carbonyl (C=O) groups is 3. The number of nitrogens with zero attached hydrogens (tertiary/aromatic N) is 1. The molecule has 0 bridgehead atoms. The SMILES string of the molecule is CCOC(=O)c1c(NC(=O)C2CCN(C(C)=O)CC2)sc2c1CCC2. The normalized spacial score (nSPS) is 17.3. The van der Waals surface area contributed by atoms with Crippen LogP contribution in [-0.4, -0.2) is 42.4 Å². The fourth-order valence-corrected chi connectivity index (χ4v) is 4.86. The van der Waals surface area contributed by atoms with Gasteiger partial charge in [0.1, 0.15) is 5.00 Å². The molecular weight excluding hydrogens is 340 g/mol. The number of carbonyl (C=O) groups excluding carboxylic acids is 3. The van der Waals surface area contributed by atoms with Gasteiger partial charge in [-0.2, -0.15) is 0 Å². The molecule has 1 fully saturated rings. The number of hydrogen-bond acceptors (Lipinski definition) is 5. The van der Waals surface area contributed by atoms with Crippen LogP contribution < -0.4 is 5.32 Å². The van der Waals surface area contributed by atoms with Gasteiger partial charge in [-0.15, -0.1) is 11.3 Å². The highest BCUT2D eigenvalue weighted by Gasteiger charge is 2.31. The van der Waals surface area contributed by atoms with E-state index in [0.717, 1.165) is 24.8 Å². The molecule has 1 saturated heterocycles. The maximum absolute atomic E-state index is 12.6. The number of aryl methyl sites for hydroxylation is 1. The van der Waals surface area contributed by atoms with E-state index in [9.17, 15) is 14.4 Å². The predicted molar refractivity (Wildman–Crippen MR) is 95.9 cm³/mol. The van der Waals surface area contributed by atoms with Crippen LogP contribution in [0, 0.1) is 5.92 Å². The molecule has 7 heteroatoms. The fraction of sp³-hybridized carbons (Fsp3) is 0.611. The van der Waals surface area contributed by atoms with Crippen molar-refractivity contribution in [1.82, 2.24) is 4.90 Å². The van der Waals surface area contributed by atoms with Crippen molar-refractivity contribution in [3.63, 3.8) is 0 Å². The second-order valence-electron chi connectivity index (χ2n) is 6.55. The summed E-state index contributed by atoms with van der Waals surface area (Å²) in [7, 11) is 0. The van der Waals surface area contributed by atoms with Gasteiger partial charge < -0.3 is 15.0 Å². The van der Waals surface area contributed by atoms with Gasteiger partial charge in [0.25, 0.3) is 0 Å². The quantitative estimate of drug-likeness (QED) is 0.833. The van der Waals surface area contributed by atoms with E-state index in [4.69, 9.17) is 4.74 Å². The van der Waals surface area contributed by atoms with E-state index in [1.165, 1.54) is 16.2 Å². The third-order valence-corrected chi connectivity index (χ3v) is 6.16. The fourth-order valence-electron chi connectivity index (χ4n) is 3.58. The molecule has 0 unspecified atom stereocenters. The van der Waals surface area contributed by atoms with Crippen molar-refractivity contribution < 1.29 is 19.1 Å². The Hall–Kier alpha value is -1.89. The van der Waals surface area contributed by atoms with Gasteiger partial charge in [-0.1, -0.05) is 0 Å². The minimum Gasteiger partial charge on any atom is -0.462 e. The summed E-state index contributed by atoms with van der Waals surface area (Å²) in [6, 6.07) is 0. The lowest BCUT2D eigenvalue weighted by Gasteiger charge is -2.30. The summed E-state index contributed by atoms with van der Waals surface area (Å²) >= 11 is 1.50. The maximum atomic E-state index is 12.6. The molecule has 136 valence electrons. The van der Waals surface area contributed by atoms with Crippen LogP contribution in [0.15, 0.2) is 0 Å². The van der Waals surface area contributed by atoms with E-state index >= 15 is 0 Å². The second kappa shape index (κ2) is 7.56. The summed E-state index contributed by atoms with van der Waals surface area (Å²) in [6.07, 6.45) is 4.19. The highest BCUT2D eigenvalue weighted by atomic mass is 32.1. The van der Waals surface area contributed by atoms with Gasteiger partial charge >= 0.3 is 5.97 Å².